The van der Waals surface area contributed by atoms with Gasteiger partial charge in [-0.3, -0.25) is 4.79 Å². The molecule has 5 heteroatoms. The maximum Gasteiger partial charge on any atom is 0.303 e. The molecule has 0 radical (unpaired) electrons. The van der Waals surface area contributed by atoms with Crippen molar-refractivity contribution in [2.75, 3.05) is 0 Å². The average molecular weight is 328 g/mol. The zero-order valence-electron chi connectivity index (χ0n) is 14.1. The van der Waals surface area contributed by atoms with Crippen molar-refractivity contribution in [2.45, 2.75) is 83.0 Å². The molecule has 4 N–H and O–H groups in total. The Bertz CT molecular complexity index is 351. The van der Waals surface area contributed by atoms with Gasteiger partial charge in [0.2, 0.25) is 0 Å². The number of hydrogen-bond acceptors (Lipinski definition) is 4. The van der Waals surface area contributed by atoms with Crippen LogP contribution in [-0.4, -0.2) is 44.7 Å². The number of allylic oxidation sites excluding steroid dienone is 1. The first kappa shape index (κ1) is 21.8. The summed E-state index contributed by atoms with van der Waals surface area (Å²) in [4.78, 5) is 10.3. The Morgan fingerprint density at radius 1 is 0.957 bits per heavy atom. The van der Waals surface area contributed by atoms with E-state index < -0.39 is 24.3 Å². The lowest BCUT2D eigenvalue weighted by Crippen LogP contribution is -2.23. The molecule has 0 aromatic carbocycles. The molecule has 0 aromatic rings. The van der Waals surface area contributed by atoms with E-state index in [1.165, 1.54) is 12.2 Å². The maximum absolute atomic E-state index is 10.3. The van der Waals surface area contributed by atoms with E-state index in [-0.39, 0.29) is 6.42 Å². The number of hydrogen-bond donors (Lipinski definition) is 4. The van der Waals surface area contributed by atoms with E-state index in [0.717, 1.165) is 32.1 Å². The Morgan fingerprint density at radius 2 is 1.61 bits per heavy atom. The van der Waals surface area contributed by atoms with Gasteiger partial charge in [0.1, 0.15) is 0 Å². The largest absolute Gasteiger partial charge is 0.481 e. The van der Waals surface area contributed by atoms with Crippen LogP contribution in [0, 0.1) is 0 Å². The molecule has 0 aromatic heterocycles. The highest BCUT2D eigenvalue weighted by Gasteiger charge is 2.11. The molecule has 0 heterocycles. The number of carboxylic acids is 1. The van der Waals surface area contributed by atoms with Crippen LogP contribution in [0.3, 0.4) is 0 Å². The first-order valence-corrected chi connectivity index (χ1v) is 8.56. The highest BCUT2D eigenvalue weighted by Crippen LogP contribution is 2.10. The number of aliphatic hydroxyl groups excluding tert-OH is 3. The zero-order chi connectivity index (χ0) is 17.5. The molecule has 5 nitrogen and oxygen atoms in total. The van der Waals surface area contributed by atoms with Gasteiger partial charge in [-0.1, -0.05) is 56.9 Å². The zero-order valence-corrected chi connectivity index (χ0v) is 14.1. The highest BCUT2D eigenvalue weighted by atomic mass is 16.4. The van der Waals surface area contributed by atoms with Crippen LogP contribution in [0.4, 0.5) is 0 Å². The monoisotopic (exact) mass is 328 g/mol. The van der Waals surface area contributed by atoms with E-state index in [9.17, 15) is 20.1 Å². The standard InChI is InChI=1S/C18H32O5/c1-2-3-7-11-16(20)17(21)14-13-15(19)10-8-5-4-6-9-12-18(22)23/h3,7,13-17,19-21H,2,4-6,8-12H2,1H3,(H,22,23)/b7-3-,14-13-. The lowest BCUT2D eigenvalue weighted by Gasteiger charge is -2.13. The second-order valence-electron chi connectivity index (χ2n) is 5.83. The number of carbonyl (C=O) groups is 1. The van der Waals surface area contributed by atoms with Crippen LogP contribution in [0.15, 0.2) is 24.3 Å². The van der Waals surface area contributed by atoms with E-state index in [1.807, 2.05) is 19.1 Å². The van der Waals surface area contributed by atoms with E-state index >= 15 is 0 Å². The molecule has 3 atom stereocenters. The van der Waals surface area contributed by atoms with Gasteiger partial charge >= 0.3 is 5.97 Å². The van der Waals surface area contributed by atoms with Crippen molar-refractivity contribution in [3.8, 4) is 0 Å². The molecular formula is C18H32O5. The summed E-state index contributed by atoms with van der Waals surface area (Å²) in [5.41, 5.74) is 0. The first-order valence-electron chi connectivity index (χ1n) is 8.56. The van der Waals surface area contributed by atoms with Crippen molar-refractivity contribution in [1.29, 1.82) is 0 Å². The number of unbranched alkanes of at least 4 members (excludes halogenated alkanes) is 4. The second kappa shape index (κ2) is 14.4. The lowest BCUT2D eigenvalue weighted by atomic mass is 10.0. The molecule has 0 amide bonds. The van der Waals surface area contributed by atoms with Gasteiger partial charge in [0.05, 0.1) is 18.3 Å². The lowest BCUT2D eigenvalue weighted by molar-refractivity contribution is -0.137. The molecule has 0 saturated heterocycles. The predicted molar refractivity (Wildman–Crippen MR) is 91.2 cm³/mol. The van der Waals surface area contributed by atoms with Gasteiger partial charge in [-0.15, -0.1) is 0 Å². The third-order valence-corrected chi connectivity index (χ3v) is 3.60. The average Bonchev–Trinajstić information content (AvgIpc) is 2.51. The summed E-state index contributed by atoms with van der Waals surface area (Å²) >= 11 is 0. The Balaban J connectivity index is 3.72. The number of rotatable bonds is 14. The summed E-state index contributed by atoms with van der Waals surface area (Å²) in [6.45, 7) is 2.00. The second-order valence-corrected chi connectivity index (χ2v) is 5.83. The fourth-order valence-corrected chi connectivity index (χ4v) is 2.17. The number of aliphatic carboxylic acids is 1. The van der Waals surface area contributed by atoms with Gasteiger partial charge in [-0.2, -0.15) is 0 Å². The Morgan fingerprint density at radius 3 is 2.26 bits per heavy atom. The van der Waals surface area contributed by atoms with Crippen LogP contribution in [0.5, 0.6) is 0 Å². The summed E-state index contributed by atoms with van der Waals surface area (Å²) in [5.74, 6) is -0.753. The van der Waals surface area contributed by atoms with Crippen molar-refractivity contribution >= 4 is 5.97 Å². The van der Waals surface area contributed by atoms with E-state index in [2.05, 4.69) is 0 Å². The normalized spacial score (nSPS) is 16.0. The SMILES string of the molecule is CC/C=C\CC(O)C(O)/C=C\C(O)CCCCCCCC(=O)O. The van der Waals surface area contributed by atoms with E-state index in [0.29, 0.717) is 19.3 Å². The van der Waals surface area contributed by atoms with Gasteiger partial charge < -0.3 is 20.4 Å². The third kappa shape index (κ3) is 14.2. The van der Waals surface area contributed by atoms with Crippen LogP contribution >= 0.6 is 0 Å². The summed E-state index contributed by atoms with van der Waals surface area (Å²) < 4.78 is 0. The molecule has 0 spiro atoms. The molecule has 0 aliphatic rings. The molecule has 0 aliphatic carbocycles. The third-order valence-electron chi connectivity index (χ3n) is 3.60. The summed E-state index contributed by atoms with van der Waals surface area (Å²) in [5, 5.41) is 37.8. The minimum Gasteiger partial charge on any atom is -0.481 e. The molecule has 134 valence electrons. The Kier molecular flexibility index (Phi) is 13.7. The summed E-state index contributed by atoms with van der Waals surface area (Å²) in [6, 6.07) is 0. The molecule has 0 aliphatic heterocycles. The van der Waals surface area contributed by atoms with E-state index in [4.69, 9.17) is 5.11 Å². The quantitative estimate of drug-likeness (QED) is 0.290. The molecule has 0 saturated carbocycles. The van der Waals surface area contributed by atoms with Gasteiger partial charge in [0.25, 0.3) is 0 Å². The van der Waals surface area contributed by atoms with Crippen LogP contribution < -0.4 is 0 Å². The predicted octanol–water partition coefficient (Wildman–Crippen LogP) is 2.80. The molecular weight excluding hydrogens is 296 g/mol. The Hall–Kier alpha value is -1.17. The van der Waals surface area contributed by atoms with E-state index in [1.54, 1.807) is 0 Å². The fourth-order valence-electron chi connectivity index (χ4n) is 2.17. The van der Waals surface area contributed by atoms with Gasteiger partial charge in [-0.25, -0.2) is 0 Å². The maximum atomic E-state index is 10.3. The molecule has 0 bridgehead atoms. The molecule has 0 fully saturated rings. The van der Waals surface area contributed by atoms with Crippen molar-refractivity contribution in [3.63, 3.8) is 0 Å². The first-order chi connectivity index (χ1) is 11.0. The van der Waals surface area contributed by atoms with Gasteiger partial charge in [0, 0.05) is 6.42 Å². The van der Waals surface area contributed by atoms with Gasteiger partial charge in [0.15, 0.2) is 0 Å². The Labute approximate surface area is 139 Å². The van der Waals surface area contributed by atoms with Crippen molar-refractivity contribution in [2.24, 2.45) is 0 Å². The van der Waals surface area contributed by atoms with Crippen LogP contribution in [-0.2, 0) is 4.79 Å². The highest BCUT2D eigenvalue weighted by molar-refractivity contribution is 5.66. The number of carboxylic acid groups (broad SMARTS) is 1. The van der Waals surface area contributed by atoms with Crippen molar-refractivity contribution < 1.29 is 25.2 Å². The fraction of sp³-hybridized carbons (Fsp3) is 0.722. The minimum absolute atomic E-state index is 0.221. The van der Waals surface area contributed by atoms with Crippen molar-refractivity contribution in [1.82, 2.24) is 0 Å². The molecule has 3 unspecified atom stereocenters. The number of aliphatic hydroxyl groups is 3. The minimum atomic E-state index is -0.970. The molecule has 23 heavy (non-hydrogen) atoms. The van der Waals surface area contributed by atoms with Crippen LogP contribution in [0.2, 0.25) is 0 Å². The topological polar surface area (TPSA) is 98.0 Å². The summed E-state index contributed by atoms with van der Waals surface area (Å²) in [7, 11) is 0. The van der Waals surface area contributed by atoms with Gasteiger partial charge in [-0.05, 0) is 25.7 Å². The van der Waals surface area contributed by atoms with Crippen LogP contribution in [0.1, 0.15) is 64.7 Å². The smallest absolute Gasteiger partial charge is 0.303 e. The van der Waals surface area contributed by atoms with Crippen LogP contribution in [0.25, 0.3) is 0 Å². The summed E-state index contributed by atoms with van der Waals surface area (Å²) in [6.07, 6.45) is 10.8. The molecule has 0 rings (SSSR count). The van der Waals surface area contributed by atoms with Crippen molar-refractivity contribution in [3.05, 3.63) is 24.3 Å².